The van der Waals surface area contributed by atoms with Crippen LogP contribution in [0.3, 0.4) is 0 Å². The zero-order valence-electron chi connectivity index (χ0n) is 19.8. The van der Waals surface area contributed by atoms with Gasteiger partial charge in [0.25, 0.3) is 5.56 Å². The van der Waals surface area contributed by atoms with Crippen LogP contribution >= 0.6 is 22.7 Å². The summed E-state index contributed by atoms with van der Waals surface area (Å²) in [5, 5.41) is 1.93. The molecule has 0 fully saturated rings. The van der Waals surface area contributed by atoms with Crippen LogP contribution in [0.1, 0.15) is 35.9 Å². The second-order valence-corrected chi connectivity index (χ2v) is 10.1. The molecular formula is C28H24N2O4S2. The zero-order valence-corrected chi connectivity index (χ0v) is 21.5. The second kappa shape index (κ2) is 10.5. The number of rotatable bonds is 7. The van der Waals surface area contributed by atoms with Gasteiger partial charge in [0.15, 0.2) is 4.80 Å². The van der Waals surface area contributed by atoms with Crippen molar-refractivity contribution in [2.45, 2.75) is 26.5 Å². The van der Waals surface area contributed by atoms with Gasteiger partial charge in [-0.1, -0.05) is 65.9 Å². The SMILES string of the molecule is CCOC(=O)C1=C(C)N=c2s/c(=C/c3ccccc3OCc3ccccc3)c(=O)n2[C@H]1c1cccs1. The highest BCUT2D eigenvalue weighted by atomic mass is 32.1. The zero-order chi connectivity index (χ0) is 25.1. The molecule has 8 heteroatoms. The first-order chi connectivity index (χ1) is 17.6. The molecule has 0 spiro atoms. The number of carbonyl (C=O) groups is 1. The van der Waals surface area contributed by atoms with Gasteiger partial charge in [0.2, 0.25) is 0 Å². The predicted molar refractivity (Wildman–Crippen MR) is 142 cm³/mol. The number of fused-ring (bicyclic) bond motifs is 1. The third kappa shape index (κ3) is 4.69. The van der Waals surface area contributed by atoms with Crippen molar-refractivity contribution in [1.29, 1.82) is 0 Å². The Morgan fingerprint density at radius 1 is 1.08 bits per heavy atom. The van der Waals surface area contributed by atoms with Crippen molar-refractivity contribution >= 4 is 34.7 Å². The van der Waals surface area contributed by atoms with Crippen molar-refractivity contribution < 1.29 is 14.3 Å². The van der Waals surface area contributed by atoms with Crippen molar-refractivity contribution in [3.63, 3.8) is 0 Å². The lowest BCUT2D eigenvalue weighted by atomic mass is 10.0. The number of thiophene rings is 1. The van der Waals surface area contributed by atoms with Gasteiger partial charge in [0.05, 0.1) is 22.4 Å². The maximum Gasteiger partial charge on any atom is 0.338 e. The number of thiazole rings is 1. The highest BCUT2D eigenvalue weighted by Gasteiger charge is 2.33. The molecule has 0 saturated carbocycles. The molecule has 0 saturated heterocycles. The number of esters is 1. The van der Waals surface area contributed by atoms with Gasteiger partial charge in [-0.15, -0.1) is 11.3 Å². The number of ether oxygens (including phenoxy) is 2. The van der Waals surface area contributed by atoms with Crippen molar-refractivity contribution in [3.05, 3.63) is 119 Å². The van der Waals surface area contributed by atoms with Gasteiger partial charge >= 0.3 is 5.97 Å². The van der Waals surface area contributed by atoms with Crippen molar-refractivity contribution in [2.75, 3.05) is 6.61 Å². The lowest BCUT2D eigenvalue weighted by Crippen LogP contribution is -2.39. The summed E-state index contributed by atoms with van der Waals surface area (Å²) in [6.45, 7) is 4.22. The van der Waals surface area contributed by atoms with Crippen molar-refractivity contribution in [2.24, 2.45) is 4.99 Å². The largest absolute Gasteiger partial charge is 0.488 e. The van der Waals surface area contributed by atoms with Gasteiger partial charge in [-0.25, -0.2) is 9.79 Å². The molecule has 0 unspecified atom stereocenters. The van der Waals surface area contributed by atoms with Gasteiger partial charge in [-0.05, 0) is 43.0 Å². The van der Waals surface area contributed by atoms with Crippen LogP contribution in [0.4, 0.5) is 0 Å². The molecule has 1 aliphatic heterocycles. The molecule has 182 valence electrons. The summed E-state index contributed by atoms with van der Waals surface area (Å²) in [6, 6.07) is 20.8. The highest BCUT2D eigenvalue weighted by Crippen LogP contribution is 2.33. The predicted octanol–water partition coefficient (Wildman–Crippen LogP) is 4.44. The minimum atomic E-state index is -0.577. The molecule has 3 heterocycles. The number of hydrogen-bond acceptors (Lipinski definition) is 7. The van der Waals surface area contributed by atoms with E-state index in [9.17, 15) is 9.59 Å². The molecule has 1 atom stereocenters. The molecule has 0 aliphatic carbocycles. The fourth-order valence-electron chi connectivity index (χ4n) is 4.12. The Hall–Kier alpha value is -3.75. The molecule has 0 amide bonds. The average Bonchev–Trinajstić information content (AvgIpc) is 3.52. The van der Waals surface area contributed by atoms with Crippen LogP contribution in [-0.4, -0.2) is 17.1 Å². The van der Waals surface area contributed by atoms with Crippen LogP contribution in [0.2, 0.25) is 0 Å². The topological polar surface area (TPSA) is 69.9 Å². The van der Waals surface area contributed by atoms with Crippen molar-refractivity contribution in [1.82, 2.24) is 4.57 Å². The van der Waals surface area contributed by atoms with Crippen LogP contribution < -0.4 is 19.6 Å². The molecule has 2 aromatic carbocycles. The molecule has 0 radical (unpaired) electrons. The number of hydrogen-bond donors (Lipinski definition) is 0. The van der Waals surface area contributed by atoms with Crippen LogP contribution in [0.5, 0.6) is 5.75 Å². The number of benzene rings is 2. The van der Waals surface area contributed by atoms with Crippen LogP contribution in [0, 0.1) is 0 Å². The monoisotopic (exact) mass is 516 g/mol. The van der Waals surface area contributed by atoms with Crippen molar-refractivity contribution in [3.8, 4) is 5.75 Å². The molecule has 2 aromatic heterocycles. The van der Waals surface area contributed by atoms with Crippen LogP contribution in [-0.2, 0) is 16.1 Å². The standard InChI is InChI=1S/C28H24N2O4S2/c1-3-33-27(32)24-18(2)29-28-30(25(24)22-14-9-15-35-22)26(31)23(36-28)16-20-12-7-8-13-21(20)34-17-19-10-5-4-6-11-19/h4-16,25H,3,17H2,1-2H3/b23-16+/t25-/m0/s1. The summed E-state index contributed by atoms with van der Waals surface area (Å²) in [6.07, 6.45) is 1.83. The summed E-state index contributed by atoms with van der Waals surface area (Å²) in [4.78, 5) is 32.7. The van der Waals surface area contributed by atoms with Gasteiger partial charge in [0, 0.05) is 10.4 Å². The maximum absolute atomic E-state index is 13.7. The van der Waals surface area contributed by atoms with E-state index < -0.39 is 12.0 Å². The Bertz CT molecular complexity index is 1600. The number of aromatic nitrogens is 1. The molecule has 4 aromatic rings. The minimum Gasteiger partial charge on any atom is -0.488 e. The Balaban J connectivity index is 1.59. The van der Waals surface area contributed by atoms with E-state index in [2.05, 4.69) is 4.99 Å². The lowest BCUT2D eigenvalue weighted by Gasteiger charge is -2.23. The van der Waals surface area contributed by atoms with E-state index in [1.807, 2.05) is 78.2 Å². The molecule has 1 aliphatic rings. The third-order valence-corrected chi connectivity index (χ3v) is 7.68. The summed E-state index contributed by atoms with van der Waals surface area (Å²) in [5.74, 6) is 0.233. The van der Waals surface area contributed by atoms with E-state index in [0.717, 1.165) is 16.0 Å². The average molecular weight is 517 g/mol. The quantitative estimate of drug-likeness (QED) is 0.341. The lowest BCUT2D eigenvalue weighted by molar-refractivity contribution is -0.139. The number of carbonyl (C=O) groups excluding carboxylic acids is 1. The van der Waals surface area contributed by atoms with E-state index in [-0.39, 0.29) is 12.2 Å². The Kier molecular flexibility index (Phi) is 6.97. The fourth-order valence-corrected chi connectivity index (χ4v) is 5.98. The molecule has 0 bridgehead atoms. The smallest absolute Gasteiger partial charge is 0.338 e. The van der Waals surface area contributed by atoms with E-state index in [4.69, 9.17) is 9.47 Å². The van der Waals surface area contributed by atoms with E-state index >= 15 is 0 Å². The molecule has 0 N–H and O–H groups in total. The van der Waals surface area contributed by atoms with Crippen LogP contribution in [0.15, 0.2) is 93.2 Å². The van der Waals surface area contributed by atoms with Crippen LogP contribution in [0.25, 0.3) is 6.08 Å². The molecular weight excluding hydrogens is 492 g/mol. The molecule has 5 rings (SSSR count). The van der Waals surface area contributed by atoms with E-state index in [1.54, 1.807) is 18.4 Å². The second-order valence-electron chi connectivity index (χ2n) is 8.13. The first-order valence-corrected chi connectivity index (χ1v) is 13.2. The fraction of sp³-hybridized carbons (Fsp3) is 0.179. The summed E-state index contributed by atoms with van der Waals surface area (Å²) in [7, 11) is 0. The normalized spacial score (nSPS) is 15.4. The first-order valence-electron chi connectivity index (χ1n) is 11.6. The van der Waals surface area contributed by atoms with E-state index in [0.29, 0.717) is 33.0 Å². The maximum atomic E-state index is 13.7. The Labute approximate surface area is 216 Å². The first kappa shape index (κ1) is 24.0. The Morgan fingerprint density at radius 3 is 2.61 bits per heavy atom. The summed E-state index contributed by atoms with van der Waals surface area (Å²) in [5.41, 5.74) is 2.61. The Morgan fingerprint density at radius 2 is 1.86 bits per heavy atom. The number of para-hydroxylation sites is 1. The van der Waals surface area contributed by atoms with Gasteiger partial charge in [-0.2, -0.15) is 0 Å². The highest BCUT2D eigenvalue weighted by molar-refractivity contribution is 7.10. The number of allylic oxidation sites excluding steroid dienone is 1. The van der Waals surface area contributed by atoms with E-state index in [1.165, 1.54) is 22.7 Å². The molecule has 36 heavy (non-hydrogen) atoms. The third-order valence-electron chi connectivity index (χ3n) is 5.77. The van der Waals surface area contributed by atoms with Gasteiger partial charge < -0.3 is 9.47 Å². The molecule has 6 nitrogen and oxygen atoms in total. The summed E-state index contributed by atoms with van der Waals surface area (Å²) < 4.78 is 13.5. The number of nitrogens with zero attached hydrogens (tertiary/aromatic N) is 2. The van der Waals surface area contributed by atoms with Gasteiger partial charge in [0.1, 0.15) is 18.4 Å². The van der Waals surface area contributed by atoms with Gasteiger partial charge in [-0.3, -0.25) is 9.36 Å². The minimum absolute atomic E-state index is 0.204. The summed E-state index contributed by atoms with van der Waals surface area (Å²) >= 11 is 2.80.